The van der Waals surface area contributed by atoms with Crippen LogP contribution in [0.5, 0.6) is 5.75 Å². The first-order valence-corrected chi connectivity index (χ1v) is 12.4. The second-order valence-electron chi connectivity index (χ2n) is 8.53. The second kappa shape index (κ2) is 9.44. The lowest BCUT2D eigenvalue weighted by Gasteiger charge is -2.23. The number of hydrogen-bond acceptors (Lipinski definition) is 4. The molecule has 0 saturated heterocycles. The number of fused-ring (bicyclic) bond motifs is 1. The number of pyridine rings is 1. The molecule has 0 radical (unpaired) electrons. The van der Waals surface area contributed by atoms with E-state index in [0.717, 1.165) is 33.2 Å². The normalized spacial score (nSPS) is 11.8. The number of nitrogens with one attached hydrogen (secondary N) is 1. The van der Waals surface area contributed by atoms with Crippen LogP contribution in [0.4, 0.5) is 0 Å². The molecular weight excluding hydrogens is 448 g/mol. The second-order valence-corrected chi connectivity index (χ2v) is 10.5. The van der Waals surface area contributed by atoms with Gasteiger partial charge in [-0.15, -0.1) is 0 Å². The number of H-pyrrole nitrogens is 1. The summed E-state index contributed by atoms with van der Waals surface area (Å²) in [5.41, 5.74) is 4.88. The van der Waals surface area contributed by atoms with E-state index >= 15 is 0 Å². The summed E-state index contributed by atoms with van der Waals surface area (Å²) in [6.07, 6.45) is 0. The molecule has 0 aliphatic heterocycles. The number of hydrogen-bond donors (Lipinski definition) is 1. The Kier molecular flexibility index (Phi) is 6.59. The molecule has 0 aliphatic carbocycles. The number of nitrogens with zero attached hydrogens (tertiary/aromatic N) is 1. The zero-order valence-corrected chi connectivity index (χ0v) is 20.6. The number of benzene rings is 3. The molecule has 34 heavy (non-hydrogen) atoms. The fourth-order valence-corrected chi connectivity index (χ4v) is 5.30. The van der Waals surface area contributed by atoms with Crippen LogP contribution < -0.4 is 10.3 Å². The third-order valence-electron chi connectivity index (χ3n) is 6.15. The van der Waals surface area contributed by atoms with Crippen LogP contribution >= 0.6 is 0 Å². The van der Waals surface area contributed by atoms with Gasteiger partial charge in [-0.3, -0.25) is 4.79 Å². The molecule has 0 amide bonds. The molecule has 6 nitrogen and oxygen atoms in total. The van der Waals surface area contributed by atoms with Crippen LogP contribution in [-0.2, 0) is 23.1 Å². The van der Waals surface area contributed by atoms with Gasteiger partial charge in [0.25, 0.3) is 5.56 Å². The summed E-state index contributed by atoms with van der Waals surface area (Å²) in [4.78, 5) is 16.1. The quantitative estimate of drug-likeness (QED) is 0.413. The fraction of sp³-hybridized carbons (Fsp3) is 0.222. The summed E-state index contributed by atoms with van der Waals surface area (Å²) < 4.78 is 33.8. The molecule has 1 N–H and O–H groups in total. The van der Waals surface area contributed by atoms with Gasteiger partial charge in [0.2, 0.25) is 10.0 Å². The summed E-state index contributed by atoms with van der Waals surface area (Å²) in [6.45, 7) is 6.02. The number of aromatic nitrogens is 1. The van der Waals surface area contributed by atoms with Crippen LogP contribution in [0.3, 0.4) is 0 Å². The van der Waals surface area contributed by atoms with Crippen molar-refractivity contribution in [3.8, 4) is 5.75 Å². The van der Waals surface area contributed by atoms with E-state index in [2.05, 4.69) is 4.98 Å². The molecule has 1 aromatic heterocycles. The van der Waals surface area contributed by atoms with E-state index in [9.17, 15) is 13.2 Å². The molecule has 0 atom stereocenters. The van der Waals surface area contributed by atoms with E-state index in [4.69, 9.17) is 4.74 Å². The Morgan fingerprint density at radius 1 is 0.882 bits per heavy atom. The summed E-state index contributed by atoms with van der Waals surface area (Å²) in [6, 6.07) is 19.7. The van der Waals surface area contributed by atoms with Gasteiger partial charge in [0.05, 0.1) is 17.5 Å². The van der Waals surface area contributed by atoms with Gasteiger partial charge >= 0.3 is 0 Å². The average molecular weight is 477 g/mol. The number of aromatic amines is 1. The standard InChI is InChI=1S/C27H28N2O4S/c1-18-5-8-21(9-6-18)16-29(34(31,32)25-13-11-24(33-4)12-14-25)17-23-15-22-10-7-19(2)20(3)26(22)28-27(23)30/h5-15H,16-17H2,1-4H3,(H,28,30). The minimum atomic E-state index is -3.89. The molecule has 1 heterocycles. The predicted molar refractivity (Wildman–Crippen MR) is 135 cm³/mol. The van der Waals surface area contributed by atoms with Crippen LogP contribution in [0.25, 0.3) is 10.9 Å². The van der Waals surface area contributed by atoms with Crippen molar-refractivity contribution in [2.75, 3.05) is 7.11 Å². The SMILES string of the molecule is COc1ccc(S(=O)(=O)N(Cc2ccc(C)cc2)Cc2cc3ccc(C)c(C)c3[nH]c2=O)cc1. The van der Waals surface area contributed by atoms with Gasteiger partial charge in [-0.25, -0.2) is 8.42 Å². The van der Waals surface area contributed by atoms with Crippen LogP contribution in [0, 0.1) is 20.8 Å². The number of aryl methyl sites for hydroxylation is 3. The molecule has 0 fully saturated rings. The highest BCUT2D eigenvalue weighted by Gasteiger charge is 2.26. The van der Waals surface area contributed by atoms with Crippen molar-refractivity contribution in [2.24, 2.45) is 0 Å². The monoisotopic (exact) mass is 476 g/mol. The zero-order chi connectivity index (χ0) is 24.5. The Balaban J connectivity index is 1.77. The highest BCUT2D eigenvalue weighted by atomic mass is 32.2. The zero-order valence-electron chi connectivity index (χ0n) is 19.8. The molecule has 7 heteroatoms. The maximum Gasteiger partial charge on any atom is 0.252 e. The van der Waals surface area contributed by atoms with Crippen molar-refractivity contribution in [2.45, 2.75) is 38.8 Å². The summed E-state index contributed by atoms with van der Waals surface area (Å²) in [5, 5.41) is 0.870. The summed E-state index contributed by atoms with van der Waals surface area (Å²) in [5.74, 6) is 0.570. The van der Waals surface area contributed by atoms with Crippen molar-refractivity contribution in [3.63, 3.8) is 0 Å². The molecule has 0 spiro atoms. The number of ether oxygens (including phenoxy) is 1. The van der Waals surface area contributed by atoms with Crippen molar-refractivity contribution in [3.05, 3.63) is 105 Å². The van der Waals surface area contributed by atoms with Crippen molar-refractivity contribution < 1.29 is 13.2 Å². The maximum atomic E-state index is 13.7. The predicted octanol–water partition coefficient (Wildman–Crippen LogP) is 4.85. The van der Waals surface area contributed by atoms with Gasteiger partial charge < -0.3 is 9.72 Å². The lowest BCUT2D eigenvalue weighted by atomic mass is 10.0. The van der Waals surface area contributed by atoms with E-state index in [1.165, 1.54) is 23.5 Å². The molecule has 4 aromatic rings. The molecular formula is C27H28N2O4S. The van der Waals surface area contributed by atoms with Gasteiger partial charge in [-0.2, -0.15) is 4.31 Å². The minimum absolute atomic E-state index is 0.0551. The molecule has 0 bridgehead atoms. The molecule has 0 unspecified atom stereocenters. The van der Waals surface area contributed by atoms with E-state index in [1.54, 1.807) is 18.2 Å². The van der Waals surface area contributed by atoms with Gasteiger partial charge in [-0.1, -0.05) is 42.0 Å². The third kappa shape index (κ3) is 4.76. The first kappa shape index (κ1) is 23.7. The largest absolute Gasteiger partial charge is 0.497 e. The van der Waals surface area contributed by atoms with Crippen molar-refractivity contribution >= 4 is 20.9 Å². The van der Waals surface area contributed by atoms with Gasteiger partial charge in [0, 0.05) is 18.7 Å². The van der Waals surface area contributed by atoms with Gasteiger partial charge in [0.1, 0.15) is 5.75 Å². The lowest BCUT2D eigenvalue weighted by Crippen LogP contribution is -2.32. The topological polar surface area (TPSA) is 79.5 Å². The highest BCUT2D eigenvalue weighted by Crippen LogP contribution is 2.24. The lowest BCUT2D eigenvalue weighted by molar-refractivity contribution is 0.399. The highest BCUT2D eigenvalue weighted by molar-refractivity contribution is 7.89. The molecule has 4 rings (SSSR count). The van der Waals surface area contributed by atoms with Crippen LogP contribution in [-0.4, -0.2) is 24.8 Å². The number of sulfonamides is 1. The third-order valence-corrected chi connectivity index (χ3v) is 7.96. The van der Waals surface area contributed by atoms with Crippen molar-refractivity contribution in [1.82, 2.24) is 9.29 Å². The Bertz CT molecular complexity index is 1490. The minimum Gasteiger partial charge on any atom is -0.497 e. The Labute approximate surface area is 199 Å². The maximum absolute atomic E-state index is 13.7. The Morgan fingerprint density at radius 2 is 1.56 bits per heavy atom. The van der Waals surface area contributed by atoms with Gasteiger partial charge in [-0.05, 0) is 73.2 Å². The summed E-state index contributed by atoms with van der Waals surface area (Å²) in [7, 11) is -2.36. The van der Waals surface area contributed by atoms with E-state index in [-0.39, 0.29) is 23.5 Å². The molecule has 0 saturated carbocycles. The number of methoxy groups -OCH3 is 1. The van der Waals surface area contributed by atoms with Crippen LogP contribution in [0.15, 0.2) is 76.4 Å². The fourth-order valence-electron chi connectivity index (χ4n) is 3.90. The first-order valence-electron chi connectivity index (χ1n) is 11.0. The van der Waals surface area contributed by atoms with E-state index in [1.807, 2.05) is 57.2 Å². The van der Waals surface area contributed by atoms with Crippen LogP contribution in [0.1, 0.15) is 27.8 Å². The Morgan fingerprint density at radius 3 is 2.21 bits per heavy atom. The number of rotatable bonds is 7. The van der Waals surface area contributed by atoms with Gasteiger partial charge in [0.15, 0.2) is 0 Å². The molecule has 3 aromatic carbocycles. The smallest absolute Gasteiger partial charge is 0.252 e. The van der Waals surface area contributed by atoms with Crippen molar-refractivity contribution in [1.29, 1.82) is 0 Å². The van der Waals surface area contributed by atoms with E-state index < -0.39 is 10.0 Å². The summed E-state index contributed by atoms with van der Waals surface area (Å²) >= 11 is 0. The van der Waals surface area contributed by atoms with Crippen LogP contribution in [0.2, 0.25) is 0 Å². The average Bonchev–Trinajstić information content (AvgIpc) is 2.83. The molecule has 0 aliphatic rings. The first-order chi connectivity index (χ1) is 16.2. The van der Waals surface area contributed by atoms with E-state index in [0.29, 0.717) is 11.3 Å². The molecule has 176 valence electrons. The Hall–Kier alpha value is -3.42.